The van der Waals surface area contributed by atoms with E-state index >= 15 is 0 Å². The molecule has 0 unspecified atom stereocenters. The third-order valence-electron chi connectivity index (χ3n) is 3.97. The van der Waals surface area contributed by atoms with Crippen LogP contribution in [-0.2, 0) is 13.1 Å². The zero-order chi connectivity index (χ0) is 19.8. The molecule has 1 amide bonds. The van der Waals surface area contributed by atoms with E-state index in [9.17, 15) is 4.79 Å². The Morgan fingerprint density at radius 2 is 1.67 bits per heavy atom. The Hall–Kier alpha value is -2.54. The number of rotatable bonds is 6. The molecule has 144 valence electrons. The number of carbonyl (C=O) groups is 1. The van der Waals surface area contributed by atoms with Crippen LogP contribution in [0.2, 0.25) is 0 Å². The molecule has 0 heterocycles. The van der Waals surface area contributed by atoms with Gasteiger partial charge in [0.05, 0.1) is 11.6 Å². The second kappa shape index (κ2) is 9.97. The van der Waals surface area contributed by atoms with Crippen LogP contribution in [0.3, 0.4) is 0 Å². The molecule has 0 radical (unpaired) electrons. The molecule has 6 nitrogen and oxygen atoms in total. The van der Waals surface area contributed by atoms with Gasteiger partial charge in [0.15, 0.2) is 5.96 Å². The number of nitrogens with zero attached hydrogens (tertiary/aromatic N) is 2. The summed E-state index contributed by atoms with van der Waals surface area (Å²) >= 11 is 3.49. The number of hydrogen-bond acceptors (Lipinski definition) is 3. The van der Waals surface area contributed by atoms with Gasteiger partial charge in [-0.2, -0.15) is 0 Å². The molecule has 7 heteroatoms. The molecule has 0 saturated heterocycles. The van der Waals surface area contributed by atoms with Gasteiger partial charge in [0.1, 0.15) is 5.75 Å². The lowest BCUT2D eigenvalue weighted by Crippen LogP contribution is -2.36. The highest BCUT2D eigenvalue weighted by atomic mass is 79.9. The molecular formula is C20H25BrN4O2. The Labute approximate surface area is 168 Å². The molecule has 0 aliphatic carbocycles. The Morgan fingerprint density at radius 3 is 2.19 bits per heavy atom. The van der Waals surface area contributed by atoms with Gasteiger partial charge in [-0.25, -0.2) is 0 Å². The van der Waals surface area contributed by atoms with E-state index in [0.29, 0.717) is 24.6 Å². The molecule has 0 aliphatic heterocycles. The minimum Gasteiger partial charge on any atom is -0.496 e. The Kier molecular flexibility index (Phi) is 7.67. The third-order valence-corrected chi connectivity index (χ3v) is 4.59. The summed E-state index contributed by atoms with van der Waals surface area (Å²) in [6.07, 6.45) is 0. The minimum absolute atomic E-state index is 0.00219. The second-order valence-electron chi connectivity index (χ2n) is 6.14. The highest BCUT2D eigenvalue weighted by Gasteiger charge is 2.07. The number of hydrogen-bond donors (Lipinski definition) is 2. The number of ether oxygens (including phenoxy) is 1. The molecule has 2 rings (SSSR count). The van der Waals surface area contributed by atoms with Crippen LogP contribution in [0.15, 0.2) is 51.9 Å². The molecule has 2 N–H and O–H groups in total. The van der Waals surface area contributed by atoms with Gasteiger partial charge in [0, 0.05) is 39.8 Å². The maximum Gasteiger partial charge on any atom is 0.253 e. The number of amides is 1. The summed E-state index contributed by atoms with van der Waals surface area (Å²) in [7, 11) is 6.87. The molecule has 2 aromatic rings. The fraction of sp³-hybridized carbons (Fsp3) is 0.300. The van der Waals surface area contributed by atoms with Gasteiger partial charge in [-0.05, 0) is 51.3 Å². The number of nitrogens with one attached hydrogen (secondary N) is 2. The summed E-state index contributed by atoms with van der Waals surface area (Å²) in [5, 5.41) is 6.55. The van der Waals surface area contributed by atoms with Gasteiger partial charge in [0.25, 0.3) is 5.91 Å². The Bertz CT molecular complexity index is 804. The van der Waals surface area contributed by atoms with Crippen LogP contribution in [0.25, 0.3) is 0 Å². The van der Waals surface area contributed by atoms with Crippen LogP contribution in [0.1, 0.15) is 21.5 Å². The number of methoxy groups -OCH3 is 1. The first-order valence-electron chi connectivity index (χ1n) is 8.52. The normalized spacial score (nSPS) is 11.1. The van der Waals surface area contributed by atoms with Crippen LogP contribution in [0.5, 0.6) is 5.75 Å². The fourth-order valence-electron chi connectivity index (χ4n) is 2.44. The van der Waals surface area contributed by atoms with Gasteiger partial charge in [-0.1, -0.05) is 18.2 Å². The molecule has 0 atom stereocenters. The second-order valence-corrected chi connectivity index (χ2v) is 7.00. The zero-order valence-corrected chi connectivity index (χ0v) is 17.6. The highest BCUT2D eigenvalue weighted by molar-refractivity contribution is 9.10. The molecule has 2 aromatic carbocycles. The van der Waals surface area contributed by atoms with Crippen LogP contribution in [-0.4, -0.2) is 45.0 Å². The summed E-state index contributed by atoms with van der Waals surface area (Å²) in [6.45, 7) is 1.25. The maximum atomic E-state index is 11.9. The summed E-state index contributed by atoms with van der Waals surface area (Å²) < 4.78 is 6.16. The van der Waals surface area contributed by atoms with E-state index in [1.807, 2.05) is 42.5 Å². The first-order chi connectivity index (χ1) is 12.9. The highest BCUT2D eigenvalue weighted by Crippen LogP contribution is 2.25. The van der Waals surface area contributed by atoms with Crippen molar-refractivity contribution in [3.05, 3.63) is 63.6 Å². The average Bonchev–Trinajstić information content (AvgIpc) is 2.68. The fourth-order valence-corrected chi connectivity index (χ4v) is 3.02. The summed E-state index contributed by atoms with van der Waals surface area (Å²) in [4.78, 5) is 17.7. The largest absolute Gasteiger partial charge is 0.496 e. The summed E-state index contributed by atoms with van der Waals surface area (Å²) in [5.41, 5.74) is 2.86. The van der Waals surface area contributed by atoms with Gasteiger partial charge >= 0.3 is 0 Å². The number of aliphatic imine (C=N–C) groups is 1. The van der Waals surface area contributed by atoms with Crippen molar-refractivity contribution in [1.82, 2.24) is 15.5 Å². The van der Waals surface area contributed by atoms with E-state index in [1.54, 1.807) is 33.2 Å². The quantitative estimate of drug-likeness (QED) is 0.543. The van der Waals surface area contributed by atoms with E-state index < -0.39 is 0 Å². The lowest BCUT2D eigenvalue weighted by atomic mass is 10.1. The van der Waals surface area contributed by atoms with Gasteiger partial charge in [-0.15, -0.1) is 0 Å². The zero-order valence-electron chi connectivity index (χ0n) is 16.0. The van der Waals surface area contributed by atoms with E-state index in [2.05, 4.69) is 31.6 Å². The molecule has 0 saturated carbocycles. The number of guanidine groups is 1. The van der Waals surface area contributed by atoms with E-state index in [1.165, 1.54) is 0 Å². The number of halogens is 1. The van der Waals surface area contributed by atoms with Crippen molar-refractivity contribution in [2.75, 3.05) is 28.3 Å². The predicted molar refractivity (Wildman–Crippen MR) is 112 cm³/mol. The van der Waals surface area contributed by atoms with Crippen molar-refractivity contribution in [2.24, 2.45) is 4.99 Å². The summed E-state index contributed by atoms with van der Waals surface area (Å²) in [5.74, 6) is 1.51. The van der Waals surface area contributed by atoms with Gasteiger partial charge in [-0.3, -0.25) is 9.79 Å². The number of carbonyl (C=O) groups excluding carboxylic acids is 1. The SMILES string of the molecule is CN=C(NCc1ccc(C(=O)N(C)C)cc1)NCc1ccc(OC)c(Br)c1. The lowest BCUT2D eigenvalue weighted by Gasteiger charge is -2.13. The molecule has 0 aromatic heterocycles. The van der Waals surface area contributed by atoms with E-state index in [-0.39, 0.29) is 5.91 Å². The molecule has 27 heavy (non-hydrogen) atoms. The number of benzene rings is 2. The third kappa shape index (κ3) is 5.99. The monoisotopic (exact) mass is 432 g/mol. The Balaban J connectivity index is 1.88. The van der Waals surface area contributed by atoms with E-state index in [4.69, 9.17) is 4.74 Å². The van der Waals surface area contributed by atoms with Crippen molar-refractivity contribution in [1.29, 1.82) is 0 Å². The summed E-state index contributed by atoms with van der Waals surface area (Å²) in [6, 6.07) is 13.5. The van der Waals surface area contributed by atoms with Crippen molar-refractivity contribution < 1.29 is 9.53 Å². The molecule has 0 fully saturated rings. The first kappa shape index (κ1) is 20.8. The minimum atomic E-state index is -0.00219. The standard InChI is InChI=1S/C20H25BrN4O2/c1-22-20(24-13-15-7-10-18(27-4)17(21)11-15)23-12-14-5-8-16(9-6-14)19(26)25(2)3/h5-11H,12-13H2,1-4H3,(H2,22,23,24). The first-order valence-corrected chi connectivity index (χ1v) is 9.31. The van der Waals surface area contributed by atoms with Crippen LogP contribution in [0, 0.1) is 0 Å². The van der Waals surface area contributed by atoms with Crippen LogP contribution < -0.4 is 15.4 Å². The van der Waals surface area contributed by atoms with Crippen LogP contribution in [0.4, 0.5) is 0 Å². The van der Waals surface area contributed by atoms with Crippen molar-refractivity contribution >= 4 is 27.8 Å². The molecule has 0 aliphatic rings. The maximum absolute atomic E-state index is 11.9. The Morgan fingerprint density at radius 1 is 1.07 bits per heavy atom. The smallest absolute Gasteiger partial charge is 0.253 e. The van der Waals surface area contributed by atoms with Crippen LogP contribution >= 0.6 is 15.9 Å². The van der Waals surface area contributed by atoms with Crippen molar-refractivity contribution in [3.63, 3.8) is 0 Å². The lowest BCUT2D eigenvalue weighted by molar-refractivity contribution is 0.0827. The van der Waals surface area contributed by atoms with Crippen molar-refractivity contribution in [3.8, 4) is 5.75 Å². The van der Waals surface area contributed by atoms with Gasteiger partial charge < -0.3 is 20.3 Å². The molecule has 0 bridgehead atoms. The molecule has 0 spiro atoms. The van der Waals surface area contributed by atoms with E-state index in [0.717, 1.165) is 21.3 Å². The van der Waals surface area contributed by atoms with Gasteiger partial charge in [0.2, 0.25) is 0 Å². The molecular weight excluding hydrogens is 408 g/mol. The average molecular weight is 433 g/mol. The topological polar surface area (TPSA) is 66.0 Å². The predicted octanol–water partition coefficient (Wildman–Crippen LogP) is 3.02. The van der Waals surface area contributed by atoms with Crippen molar-refractivity contribution in [2.45, 2.75) is 13.1 Å².